The van der Waals surface area contributed by atoms with Gasteiger partial charge in [0.25, 0.3) is 0 Å². The lowest BCUT2D eigenvalue weighted by atomic mass is 9.47. The molecule has 0 N–H and O–H groups in total. The van der Waals surface area contributed by atoms with Crippen molar-refractivity contribution in [2.75, 3.05) is 0 Å². The third-order valence-corrected chi connectivity index (χ3v) is 8.88. The summed E-state index contributed by atoms with van der Waals surface area (Å²) < 4.78 is 5.53. The van der Waals surface area contributed by atoms with Gasteiger partial charge in [-0.3, -0.25) is 9.59 Å². The quantitative estimate of drug-likeness (QED) is 0.510. The molecule has 0 spiro atoms. The predicted molar refractivity (Wildman–Crippen MR) is 101 cm³/mol. The number of hydrogen-bond acceptors (Lipinski definition) is 3. The molecule has 0 radical (unpaired) electrons. The maximum Gasteiger partial charge on any atom is 0.302 e. The highest BCUT2D eigenvalue weighted by atomic mass is 16.5. The molecule has 26 heavy (non-hydrogen) atoms. The minimum atomic E-state index is -0.150. The Morgan fingerprint density at radius 2 is 1.81 bits per heavy atom. The van der Waals surface area contributed by atoms with Gasteiger partial charge in [0.05, 0.1) is 0 Å². The number of ether oxygens (including phenoxy) is 1. The van der Waals surface area contributed by atoms with Crippen LogP contribution >= 0.6 is 0 Å². The first-order valence-corrected chi connectivity index (χ1v) is 10.6. The molecule has 0 aromatic rings. The third-order valence-electron chi connectivity index (χ3n) is 8.88. The highest BCUT2D eigenvalue weighted by Crippen LogP contribution is 2.66. The number of fused-ring (bicyclic) bond motifs is 5. The fourth-order valence-corrected chi connectivity index (χ4v) is 7.63. The Balaban J connectivity index is 1.59. The molecule has 0 saturated heterocycles. The fourth-order valence-electron chi connectivity index (χ4n) is 7.63. The number of Topliss-reactive ketones (excluding diaryl/α,β-unsaturated/α-hetero) is 1. The second kappa shape index (κ2) is 6.21. The molecule has 4 rings (SSSR count). The molecule has 0 aliphatic heterocycles. The van der Waals surface area contributed by atoms with Crippen LogP contribution < -0.4 is 0 Å². The van der Waals surface area contributed by atoms with Crippen LogP contribution in [0.15, 0.2) is 11.6 Å². The molecule has 144 valence electrons. The molecule has 0 bridgehead atoms. The fraction of sp³-hybridized carbons (Fsp3) is 0.826. The van der Waals surface area contributed by atoms with E-state index < -0.39 is 0 Å². The highest BCUT2D eigenvalue weighted by molar-refractivity contribution is 5.79. The standard InChI is InChI=1S/C23H34O3/c1-14(24)19-7-8-20-18-6-5-16-13-17(26-15(2)25)9-11-22(16,3)21(18)10-12-23(19,20)4/h5,17-21H,6-13H2,1-4H3/t17-,18+,19+,20-,21+,22+,23-/m1/s1. The normalized spacial score (nSPS) is 47.2. The molecular formula is C23H34O3. The molecule has 0 heterocycles. The van der Waals surface area contributed by atoms with E-state index in [0.29, 0.717) is 11.7 Å². The monoisotopic (exact) mass is 358 g/mol. The predicted octanol–water partition coefficient (Wildman–Crippen LogP) is 5.09. The number of allylic oxidation sites excluding steroid dienone is 1. The van der Waals surface area contributed by atoms with Crippen LogP contribution in [-0.2, 0) is 14.3 Å². The Morgan fingerprint density at radius 1 is 1.04 bits per heavy atom. The van der Waals surface area contributed by atoms with Crippen LogP contribution in [0.5, 0.6) is 0 Å². The molecule has 3 saturated carbocycles. The maximum absolute atomic E-state index is 12.2. The Bertz CT molecular complexity index is 650. The van der Waals surface area contributed by atoms with Crippen LogP contribution in [0.1, 0.15) is 79.1 Å². The molecule has 0 aromatic heterocycles. The van der Waals surface area contributed by atoms with Gasteiger partial charge < -0.3 is 4.74 Å². The van der Waals surface area contributed by atoms with E-state index >= 15 is 0 Å². The third kappa shape index (κ3) is 2.60. The minimum absolute atomic E-state index is 0.0748. The molecule has 4 aliphatic carbocycles. The van der Waals surface area contributed by atoms with Gasteiger partial charge in [-0.2, -0.15) is 0 Å². The second-order valence-corrected chi connectivity index (χ2v) is 10.0. The summed E-state index contributed by atoms with van der Waals surface area (Å²) >= 11 is 0. The number of carbonyl (C=O) groups excluding carboxylic acids is 2. The van der Waals surface area contributed by atoms with E-state index in [2.05, 4.69) is 19.9 Å². The zero-order chi connectivity index (χ0) is 18.7. The van der Waals surface area contributed by atoms with E-state index in [0.717, 1.165) is 43.9 Å². The SMILES string of the molecule is CC(=O)O[C@@H]1CC[C@@]2(C)C(=CC[C@H]3[C@H]4CC[C@@H](C(C)=O)[C@@]4(C)CC[C@@H]32)C1. The molecule has 3 fully saturated rings. The minimum Gasteiger partial charge on any atom is -0.462 e. The summed E-state index contributed by atoms with van der Waals surface area (Å²) in [6.07, 6.45) is 11.6. The topological polar surface area (TPSA) is 43.4 Å². The molecule has 3 nitrogen and oxygen atoms in total. The Hall–Kier alpha value is -1.12. The first kappa shape index (κ1) is 18.3. The molecule has 3 heteroatoms. The molecule has 7 atom stereocenters. The van der Waals surface area contributed by atoms with Crippen molar-refractivity contribution >= 4 is 11.8 Å². The smallest absolute Gasteiger partial charge is 0.302 e. The van der Waals surface area contributed by atoms with Gasteiger partial charge in [0.1, 0.15) is 11.9 Å². The molecule has 4 aliphatic rings. The molecule has 0 unspecified atom stereocenters. The van der Waals surface area contributed by atoms with Crippen molar-refractivity contribution in [2.45, 2.75) is 85.2 Å². The summed E-state index contributed by atoms with van der Waals surface area (Å²) in [6, 6.07) is 0. The number of carbonyl (C=O) groups is 2. The maximum atomic E-state index is 12.2. The van der Waals surface area contributed by atoms with E-state index in [9.17, 15) is 9.59 Å². The summed E-state index contributed by atoms with van der Waals surface area (Å²) in [4.78, 5) is 23.6. The van der Waals surface area contributed by atoms with E-state index in [-0.39, 0.29) is 28.8 Å². The van der Waals surface area contributed by atoms with Crippen LogP contribution in [0.25, 0.3) is 0 Å². The molecule has 0 aromatic carbocycles. The summed E-state index contributed by atoms with van der Waals surface area (Å²) in [5, 5.41) is 0. The van der Waals surface area contributed by atoms with Gasteiger partial charge in [-0.1, -0.05) is 25.5 Å². The lowest BCUT2D eigenvalue weighted by molar-refractivity contribution is -0.149. The van der Waals surface area contributed by atoms with Crippen molar-refractivity contribution < 1.29 is 14.3 Å². The second-order valence-electron chi connectivity index (χ2n) is 10.0. The van der Waals surface area contributed by atoms with Crippen LogP contribution in [0.4, 0.5) is 0 Å². The number of hydrogen-bond donors (Lipinski definition) is 0. The Labute approximate surface area is 157 Å². The largest absolute Gasteiger partial charge is 0.462 e. The molecular weight excluding hydrogens is 324 g/mol. The number of rotatable bonds is 2. The van der Waals surface area contributed by atoms with Crippen molar-refractivity contribution in [3.63, 3.8) is 0 Å². The summed E-state index contributed by atoms with van der Waals surface area (Å²) in [5.41, 5.74) is 2.04. The van der Waals surface area contributed by atoms with Crippen LogP contribution in [0.2, 0.25) is 0 Å². The van der Waals surface area contributed by atoms with Crippen molar-refractivity contribution in [3.05, 3.63) is 11.6 Å². The average molecular weight is 359 g/mol. The van der Waals surface area contributed by atoms with Crippen LogP contribution in [0.3, 0.4) is 0 Å². The van der Waals surface area contributed by atoms with Crippen molar-refractivity contribution in [1.82, 2.24) is 0 Å². The zero-order valence-corrected chi connectivity index (χ0v) is 16.8. The first-order valence-electron chi connectivity index (χ1n) is 10.6. The van der Waals surface area contributed by atoms with Crippen LogP contribution in [0, 0.1) is 34.5 Å². The van der Waals surface area contributed by atoms with Crippen molar-refractivity contribution in [3.8, 4) is 0 Å². The van der Waals surface area contributed by atoms with E-state index in [1.807, 2.05) is 0 Å². The van der Waals surface area contributed by atoms with Gasteiger partial charge in [-0.05, 0) is 80.5 Å². The Morgan fingerprint density at radius 3 is 2.50 bits per heavy atom. The average Bonchev–Trinajstić information content (AvgIpc) is 2.92. The van der Waals surface area contributed by atoms with Gasteiger partial charge in [0, 0.05) is 19.3 Å². The van der Waals surface area contributed by atoms with Crippen LogP contribution in [-0.4, -0.2) is 17.9 Å². The number of esters is 1. The van der Waals surface area contributed by atoms with Gasteiger partial charge >= 0.3 is 5.97 Å². The van der Waals surface area contributed by atoms with Gasteiger partial charge in [0.15, 0.2) is 0 Å². The summed E-state index contributed by atoms with van der Waals surface area (Å²) in [5.74, 6) is 2.72. The summed E-state index contributed by atoms with van der Waals surface area (Å²) in [7, 11) is 0. The van der Waals surface area contributed by atoms with Crippen molar-refractivity contribution in [1.29, 1.82) is 0 Å². The van der Waals surface area contributed by atoms with Gasteiger partial charge in [-0.25, -0.2) is 0 Å². The summed E-state index contributed by atoms with van der Waals surface area (Å²) in [6.45, 7) is 8.21. The van der Waals surface area contributed by atoms with E-state index in [1.165, 1.54) is 26.2 Å². The molecule has 0 amide bonds. The van der Waals surface area contributed by atoms with E-state index in [4.69, 9.17) is 4.74 Å². The Kier molecular flexibility index (Phi) is 4.36. The number of ketones is 1. The first-order chi connectivity index (χ1) is 12.3. The zero-order valence-electron chi connectivity index (χ0n) is 16.8. The lowest BCUT2D eigenvalue weighted by Crippen LogP contribution is -2.51. The van der Waals surface area contributed by atoms with Gasteiger partial charge in [-0.15, -0.1) is 0 Å². The highest BCUT2D eigenvalue weighted by Gasteiger charge is 2.59. The van der Waals surface area contributed by atoms with Gasteiger partial charge in [0.2, 0.25) is 0 Å². The lowest BCUT2D eigenvalue weighted by Gasteiger charge is -2.58. The van der Waals surface area contributed by atoms with E-state index in [1.54, 1.807) is 12.5 Å². The van der Waals surface area contributed by atoms with Crippen molar-refractivity contribution in [2.24, 2.45) is 34.5 Å².